The molecule has 1 heterocycles. The molecule has 2 aliphatic rings. The van der Waals surface area contributed by atoms with Gasteiger partial charge in [0.15, 0.2) is 0 Å². The third kappa shape index (κ3) is 4.04. The summed E-state index contributed by atoms with van der Waals surface area (Å²) < 4.78 is 0. The van der Waals surface area contributed by atoms with Crippen molar-refractivity contribution in [2.24, 2.45) is 11.7 Å². The van der Waals surface area contributed by atoms with Gasteiger partial charge in [0.25, 0.3) is 5.91 Å². The number of para-hydroxylation sites is 1. The highest BCUT2D eigenvalue weighted by Crippen LogP contribution is 2.30. The minimum absolute atomic E-state index is 0.0611. The lowest BCUT2D eigenvalue weighted by Crippen LogP contribution is -2.35. The van der Waals surface area contributed by atoms with E-state index in [2.05, 4.69) is 10.6 Å². The number of nitrogens with one attached hydrogen (secondary N) is 2. The summed E-state index contributed by atoms with van der Waals surface area (Å²) in [6.45, 7) is 1.19. The number of benzene rings is 1. The molecule has 3 rings (SSSR count). The van der Waals surface area contributed by atoms with Crippen molar-refractivity contribution in [3.63, 3.8) is 0 Å². The second-order valence-electron chi connectivity index (χ2n) is 6.96. The fraction of sp³-hybridized carbons (Fsp3) is 0.526. The largest absolute Gasteiger partial charge is 0.351 e. The van der Waals surface area contributed by atoms with Gasteiger partial charge in [0.05, 0.1) is 17.2 Å². The molecule has 4 N–H and O–H groups in total. The number of carbonyl (C=O) groups is 3. The SMILES string of the molecule is NCCNC(=O)c1ccccc1NC(=O)C1CC(=O)N(C2CCCC2)C1. The maximum Gasteiger partial charge on any atom is 0.253 e. The molecule has 2 fully saturated rings. The Morgan fingerprint density at radius 1 is 1.19 bits per heavy atom. The Morgan fingerprint density at radius 2 is 1.92 bits per heavy atom. The average Bonchev–Trinajstić information content (AvgIpc) is 3.29. The van der Waals surface area contributed by atoms with E-state index >= 15 is 0 Å². The van der Waals surface area contributed by atoms with Gasteiger partial charge in [-0.1, -0.05) is 25.0 Å². The second-order valence-corrected chi connectivity index (χ2v) is 6.96. The van der Waals surface area contributed by atoms with Gasteiger partial charge in [-0.05, 0) is 25.0 Å². The number of likely N-dealkylation sites (tertiary alicyclic amines) is 1. The predicted octanol–water partition coefficient (Wildman–Crippen LogP) is 1.10. The van der Waals surface area contributed by atoms with Gasteiger partial charge >= 0.3 is 0 Å². The Bertz CT molecular complexity index is 685. The molecule has 0 spiro atoms. The number of hydrogen-bond donors (Lipinski definition) is 3. The first-order valence-corrected chi connectivity index (χ1v) is 9.27. The zero-order valence-electron chi connectivity index (χ0n) is 14.9. The minimum Gasteiger partial charge on any atom is -0.351 e. The summed E-state index contributed by atoms with van der Waals surface area (Å²) in [5.41, 5.74) is 6.26. The van der Waals surface area contributed by atoms with Crippen LogP contribution in [0.2, 0.25) is 0 Å². The van der Waals surface area contributed by atoms with E-state index in [1.54, 1.807) is 24.3 Å². The average molecular weight is 358 g/mol. The van der Waals surface area contributed by atoms with Crippen LogP contribution >= 0.6 is 0 Å². The summed E-state index contributed by atoms with van der Waals surface area (Å²) in [4.78, 5) is 39.1. The van der Waals surface area contributed by atoms with Crippen molar-refractivity contribution < 1.29 is 14.4 Å². The molecule has 1 saturated heterocycles. The zero-order chi connectivity index (χ0) is 18.5. The highest BCUT2D eigenvalue weighted by molar-refractivity contribution is 6.05. The predicted molar refractivity (Wildman–Crippen MR) is 98.5 cm³/mol. The third-order valence-corrected chi connectivity index (χ3v) is 5.15. The van der Waals surface area contributed by atoms with E-state index in [4.69, 9.17) is 5.73 Å². The molecule has 1 saturated carbocycles. The molecule has 1 aromatic rings. The van der Waals surface area contributed by atoms with Crippen molar-refractivity contribution >= 4 is 23.4 Å². The molecule has 1 unspecified atom stereocenters. The molecule has 0 aromatic heterocycles. The summed E-state index contributed by atoms with van der Waals surface area (Å²) in [7, 11) is 0. The highest BCUT2D eigenvalue weighted by Gasteiger charge is 2.38. The lowest BCUT2D eigenvalue weighted by Gasteiger charge is -2.24. The summed E-state index contributed by atoms with van der Waals surface area (Å²) >= 11 is 0. The molecule has 7 heteroatoms. The van der Waals surface area contributed by atoms with Crippen LogP contribution in [-0.2, 0) is 9.59 Å². The van der Waals surface area contributed by atoms with E-state index < -0.39 is 0 Å². The fourth-order valence-corrected chi connectivity index (χ4v) is 3.78. The van der Waals surface area contributed by atoms with Gasteiger partial charge in [0, 0.05) is 32.1 Å². The summed E-state index contributed by atoms with van der Waals surface area (Å²) in [6, 6.07) is 7.15. The van der Waals surface area contributed by atoms with Gasteiger partial charge in [-0.15, -0.1) is 0 Å². The number of hydrogen-bond acceptors (Lipinski definition) is 4. The smallest absolute Gasteiger partial charge is 0.253 e. The minimum atomic E-state index is -0.372. The normalized spacial score (nSPS) is 20.4. The molecule has 1 aromatic carbocycles. The lowest BCUT2D eigenvalue weighted by molar-refractivity contribution is -0.129. The number of nitrogens with zero attached hydrogens (tertiary/aromatic N) is 1. The van der Waals surface area contributed by atoms with Crippen LogP contribution in [0.4, 0.5) is 5.69 Å². The van der Waals surface area contributed by atoms with Crippen LogP contribution in [0.5, 0.6) is 0 Å². The Labute approximate surface area is 153 Å². The first-order valence-electron chi connectivity index (χ1n) is 9.27. The Hall–Kier alpha value is -2.41. The maximum atomic E-state index is 12.7. The summed E-state index contributed by atoms with van der Waals surface area (Å²) in [6.07, 6.45) is 4.60. The van der Waals surface area contributed by atoms with Crippen LogP contribution in [0.1, 0.15) is 42.5 Å². The van der Waals surface area contributed by atoms with Crippen LogP contribution in [-0.4, -0.2) is 48.3 Å². The highest BCUT2D eigenvalue weighted by atomic mass is 16.2. The van der Waals surface area contributed by atoms with Gasteiger partial charge < -0.3 is 21.3 Å². The number of carbonyl (C=O) groups excluding carboxylic acids is 3. The molecular weight excluding hydrogens is 332 g/mol. The van der Waals surface area contributed by atoms with Crippen molar-refractivity contribution in [1.29, 1.82) is 0 Å². The molecule has 140 valence electrons. The van der Waals surface area contributed by atoms with Crippen molar-refractivity contribution in [3.05, 3.63) is 29.8 Å². The lowest BCUT2D eigenvalue weighted by atomic mass is 10.1. The topological polar surface area (TPSA) is 105 Å². The molecule has 1 atom stereocenters. The molecule has 3 amide bonds. The molecule has 26 heavy (non-hydrogen) atoms. The summed E-state index contributed by atoms with van der Waals surface area (Å²) in [5, 5.41) is 5.54. The number of amides is 3. The summed E-state index contributed by atoms with van der Waals surface area (Å²) in [5.74, 6) is -0.798. The van der Waals surface area contributed by atoms with Gasteiger partial charge in [-0.25, -0.2) is 0 Å². The van der Waals surface area contributed by atoms with Crippen LogP contribution in [0.25, 0.3) is 0 Å². The first-order chi connectivity index (χ1) is 12.6. The molecule has 0 bridgehead atoms. The number of anilines is 1. The van der Waals surface area contributed by atoms with E-state index in [0.717, 1.165) is 25.7 Å². The van der Waals surface area contributed by atoms with E-state index in [1.807, 2.05) is 4.90 Å². The van der Waals surface area contributed by atoms with Gasteiger partial charge in [-0.2, -0.15) is 0 Å². The first kappa shape index (κ1) is 18.4. The van der Waals surface area contributed by atoms with Crippen molar-refractivity contribution in [2.45, 2.75) is 38.1 Å². The van der Waals surface area contributed by atoms with Crippen molar-refractivity contribution in [1.82, 2.24) is 10.2 Å². The van der Waals surface area contributed by atoms with E-state index in [-0.39, 0.29) is 36.1 Å². The third-order valence-electron chi connectivity index (χ3n) is 5.15. The van der Waals surface area contributed by atoms with Gasteiger partial charge in [-0.3, -0.25) is 14.4 Å². The standard InChI is InChI=1S/C19H26N4O3/c20-9-10-21-19(26)15-7-3-4-8-16(15)22-18(25)13-11-17(24)23(12-13)14-5-1-2-6-14/h3-4,7-8,13-14H,1-2,5-6,9-12,20H2,(H,21,26)(H,22,25). The van der Waals surface area contributed by atoms with Crippen LogP contribution in [0.15, 0.2) is 24.3 Å². The number of rotatable bonds is 6. The zero-order valence-corrected chi connectivity index (χ0v) is 14.9. The van der Waals surface area contributed by atoms with Crippen molar-refractivity contribution in [2.75, 3.05) is 25.0 Å². The van der Waals surface area contributed by atoms with Crippen LogP contribution in [0.3, 0.4) is 0 Å². The Balaban J connectivity index is 1.65. The van der Waals surface area contributed by atoms with Gasteiger partial charge in [0.1, 0.15) is 0 Å². The molecular formula is C19H26N4O3. The van der Waals surface area contributed by atoms with Crippen LogP contribution in [0, 0.1) is 5.92 Å². The van der Waals surface area contributed by atoms with Crippen LogP contribution < -0.4 is 16.4 Å². The quantitative estimate of drug-likeness (QED) is 0.708. The molecule has 0 radical (unpaired) electrons. The molecule has 7 nitrogen and oxygen atoms in total. The molecule has 1 aliphatic carbocycles. The van der Waals surface area contributed by atoms with E-state index in [9.17, 15) is 14.4 Å². The Morgan fingerprint density at radius 3 is 2.65 bits per heavy atom. The second kappa shape index (κ2) is 8.31. The van der Waals surface area contributed by atoms with E-state index in [1.165, 1.54) is 0 Å². The van der Waals surface area contributed by atoms with Crippen molar-refractivity contribution in [3.8, 4) is 0 Å². The fourth-order valence-electron chi connectivity index (χ4n) is 3.78. The van der Waals surface area contributed by atoms with Gasteiger partial charge in [0.2, 0.25) is 11.8 Å². The monoisotopic (exact) mass is 358 g/mol. The molecule has 1 aliphatic heterocycles. The Kier molecular flexibility index (Phi) is 5.88. The van der Waals surface area contributed by atoms with E-state index in [0.29, 0.717) is 30.9 Å². The maximum absolute atomic E-state index is 12.7. The number of nitrogens with two attached hydrogens (primary N) is 1.